The first-order valence-corrected chi connectivity index (χ1v) is 9.41. The minimum absolute atomic E-state index is 0.0575. The van der Waals surface area contributed by atoms with Gasteiger partial charge in [-0.2, -0.15) is 0 Å². The van der Waals surface area contributed by atoms with E-state index < -0.39 is 12.1 Å². The Morgan fingerprint density at radius 1 is 0.852 bits per heavy atom. The van der Waals surface area contributed by atoms with Gasteiger partial charge in [-0.1, -0.05) is 13.3 Å². The molecule has 0 bridgehead atoms. The third-order valence-electron chi connectivity index (χ3n) is 3.57. The van der Waals surface area contributed by atoms with Gasteiger partial charge in [-0.25, -0.2) is 0 Å². The van der Waals surface area contributed by atoms with Crippen molar-refractivity contribution in [2.45, 2.75) is 77.2 Å². The third-order valence-corrected chi connectivity index (χ3v) is 3.57. The quantitative estimate of drug-likeness (QED) is 0.188. The summed E-state index contributed by atoms with van der Waals surface area (Å²) in [7, 11) is 0. The highest BCUT2D eigenvalue weighted by molar-refractivity contribution is 5.70. The summed E-state index contributed by atoms with van der Waals surface area (Å²) < 4.78 is 15.6. The van der Waals surface area contributed by atoms with Crippen LogP contribution in [0.1, 0.15) is 71.1 Å². The second-order valence-electron chi connectivity index (χ2n) is 6.02. The molecule has 0 aliphatic heterocycles. The summed E-state index contributed by atoms with van der Waals surface area (Å²) >= 11 is 0. The zero-order valence-corrected chi connectivity index (χ0v) is 16.2. The Hall–Kier alpha value is -2.47. The summed E-state index contributed by atoms with van der Waals surface area (Å²) in [5, 5.41) is 0. The van der Waals surface area contributed by atoms with Crippen molar-refractivity contribution in [1.82, 2.24) is 0 Å². The van der Waals surface area contributed by atoms with Crippen LogP contribution in [0.4, 0.5) is 0 Å². The molecule has 0 N–H and O–H groups in total. The molecule has 0 saturated heterocycles. The summed E-state index contributed by atoms with van der Waals surface area (Å²) in [5.41, 5.74) is 0. The van der Waals surface area contributed by atoms with E-state index >= 15 is 0 Å². The van der Waals surface area contributed by atoms with Crippen molar-refractivity contribution in [3.8, 4) is 24.7 Å². The molecule has 0 radical (unpaired) electrons. The summed E-state index contributed by atoms with van der Waals surface area (Å²) in [6.45, 7) is 1.99. The van der Waals surface area contributed by atoms with E-state index in [1.54, 1.807) is 0 Å². The van der Waals surface area contributed by atoms with Crippen LogP contribution in [0.15, 0.2) is 0 Å². The minimum Gasteiger partial charge on any atom is -0.466 e. The van der Waals surface area contributed by atoms with Gasteiger partial charge in [0.15, 0.2) is 0 Å². The maximum absolute atomic E-state index is 11.9. The van der Waals surface area contributed by atoms with Gasteiger partial charge >= 0.3 is 17.9 Å². The molecule has 0 aliphatic rings. The van der Waals surface area contributed by atoms with E-state index in [1.165, 1.54) is 0 Å². The molecule has 0 aromatic heterocycles. The molecule has 0 rings (SSSR count). The Morgan fingerprint density at radius 3 is 2.00 bits per heavy atom. The number of hydrogen-bond donors (Lipinski definition) is 0. The Bertz CT molecular complexity index is 526. The van der Waals surface area contributed by atoms with E-state index in [-0.39, 0.29) is 44.4 Å². The lowest BCUT2D eigenvalue weighted by Crippen LogP contribution is -2.27. The molecule has 6 nitrogen and oxygen atoms in total. The molecule has 0 aromatic carbocycles. The van der Waals surface area contributed by atoms with Gasteiger partial charge in [-0.05, 0) is 19.3 Å². The van der Waals surface area contributed by atoms with Crippen LogP contribution in [-0.4, -0.2) is 37.2 Å². The Kier molecular flexibility index (Phi) is 15.4. The zero-order chi connectivity index (χ0) is 20.3. The van der Waals surface area contributed by atoms with Gasteiger partial charge in [-0.3, -0.25) is 14.4 Å². The van der Waals surface area contributed by atoms with E-state index in [0.717, 1.165) is 12.8 Å². The summed E-state index contributed by atoms with van der Waals surface area (Å²) in [5.74, 6) is 3.80. The van der Waals surface area contributed by atoms with E-state index in [0.29, 0.717) is 32.1 Å². The number of carbonyl (C=O) groups is 3. The molecular weight excluding hydrogens is 348 g/mol. The molecule has 0 spiro atoms. The first-order valence-electron chi connectivity index (χ1n) is 9.41. The molecule has 150 valence electrons. The van der Waals surface area contributed by atoms with Gasteiger partial charge in [0, 0.05) is 38.5 Å². The molecule has 0 amide bonds. The zero-order valence-electron chi connectivity index (χ0n) is 16.2. The molecule has 0 aliphatic carbocycles. The van der Waals surface area contributed by atoms with Crippen molar-refractivity contribution in [2.24, 2.45) is 0 Å². The number of hydrogen-bond acceptors (Lipinski definition) is 6. The van der Waals surface area contributed by atoms with Crippen LogP contribution in [0.25, 0.3) is 0 Å². The average Bonchev–Trinajstić information content (AvgIpc) is 2.64. The highest BCUT2D eigenvalue weighted by Crippen LogP contribution is 2.07. The van der Waals surface area contributed by atoms with Crippen molar-refractivity contribution in [3.05, 3.63) is 0 Å². The highest BCUT2D eigenvalue weighted by Gasteiger charge is 2.18. The van der Waals surface area contributed by atoms with Crippen LogP contribution in [0.5, 0.6) is 0 Å². The molecule has 1 atom stereocenters. The van der Waals surface area contributed by atoms with Gasteiger partial charge < -0.3 is 14.2 Å². The topological polar surface area (TPSA) is 78.9 Å². The van der Waals surface area contributed by atoms with E-state index in [2.05, 4.69) is 11.8 Å². The number of rotatable bonds is 15. The van der Waals surface area contributed by atoms with Crippen molar-refractivity contribution in [3.63, 3.8) is 0 Å². The van der Waals surface area contributed by atoms with E-state index in [9.17, 15) is 14.4 Å². The number of esters is 3. The predicted molar refractivity (Wildman–Crippen MR) is 101 cm³/mol. The van der Waals surface area contributed by atoms with E-state index in [4.69, 9.17) is 27.1 Å². The van der Waals surface area contributed by atoms with Crippen LogP contribution < -0.4 is 0 Å². The van der Waals surface area contributed by atoms with Gasteiger partial charge in [0.2, 0.25) is 0 Å². The summed E-state index contributed by atoms with van der Waals surface area (Å²) in [4.78, 5) is 35.1. The largest absolute Gasteiger partial charge is 0.466 e. The average molecular weight is 378 g/mol. The predicted octanol–water partition coefficient (Wildman–Crippen LogP) is 3.17. The molecule has 0 fully saturated rings. The monoisotopic (exact) mass is 378 g/mol. The highest BCUT2D eigenvalue weighted by atomic mass is 16.6. The number of unbranched alkanes of at least 4 members (excludes halogenated alkanes) is 3. The maximum atomic E-state index is 11.9. The van der Waals surface area contributed by atoms with Crippen molar-refractivity contribution in [1.29, 1.82) is 0 Å². The van der Waals surface area contributed by atoms with Gasteiger partial charge in [0.1, 0.15) is 12.7 Å². The Balaban J connectivity index is 4.35. The number of carbonyl (C=O) groups excluding carboxylic acids is 3. The van der Waals surface area contributed by atoms with Gasteiger partial charge in [0.25, 0.3) is 0 Å². The second kappa shape index (κ2) is 17.0. The van der Waals surface area contributed by atoms with Crippen molar-refractivity contribution >= 4 is 17.9 Å². The van der Waals surface area contributed by atoms with Crippen LogP contribution in [-0.2, 0) is 28.6 Å². The molecular formula is C21H30O6. The second-order valence-corrected chi connectivity index (χ2v) is 6.02. The summed E-state index contributed by atoms with van der Waals surface area (Å²) in [6, 6.07) is 0. The van der Waals surface area contributed by atoms with Crippen molar-refractivity contribution < 1.29 is 28.6 Å². The lowest BCUT2D eigenvalue weighted by Gasteiger charge is -2.18. The van der Waals surface area contributed by atoms with Crippen LogP contribution in [0.2, 0.25) is 0 Å². The van der Waals surface area contributed by atoms with Crippen LogP contribution in [0, 0.1) is 24.7 Å². The van der Waals surface area contributed by atoms with Gasteiger partial charge in [-0.15, -0.1) is 24.7 Å². The first-order chi connectivity index (χ1) is 13.0. The third kappa shape index (κ3) is 15.5. The number of terminal acetylenes is 2. The SMILES string of the molecule is C#CCCCC(=O)OCCC(COC(=O)CCCC)OC(=O)CCCC#C. The normalized spacial score (nSPS) is 10.9. The fraction of sp³-hybridized carbons (Fsp3) is 0.667. The molecule has 0 heterocycles. The molecule has 6 heteroatoms. The molecule has 1 unspecified atom stereocenters. The molecule has 0 saturated carbocycles. The lowest BCUT2D eigenvalue weighted by atomic mass is 10.2. The number of ether oxygens (including phenoxy) is 3. The molecule has 0 aromatic rings. The van der Waals surface area contributed by atoms with Crippen molar-refractivity contribution in [2.75, 3.05) is 13.2 Å². The fourth-order valence-corrected chi connectivity index (χ4v) is 2.05. The molecule has 27 heavy (non-hydrogen) atoms. The standard InChI is InChI=1S/C21H30O6/c1-4-7-10-13-19(22)25-16-15-18(17-26-20(23)12-9-6-3)27-21(24)14-11-8-5-2/h1-2,18H,6-17H2,3H3. The van der Waals surface area contributed by atoms with Crippen LogP contribution in [0.3, 0.4) is 0 Å². The first kappa shape index (κ1) is 24.5. The minimum atomic E-state index is -0.660. The summed E-state index contributed by atoms with van der Waals surface area (Å²) in [6.07, 6.45) is 14.4. The fourth-order valence-electron chi connectivity index (χ4n) is 2.05. The Labute approximate surface area is 162 Å². The lowest BCUT2D eigenvalue weighted by molar-refractivity contribution is -0.161. The Morgan fingerprint density at radius 2 is 1.41 bits per heavy atom. The smallest absolute Gasteiger partial charge is 0.306 e. The van der Waals surface area contributed by atoms with E-state index in [1.807, 2.05) is 6.92 Å². The van der Waals surface area contributed by atoms with Gasteiger partial charge in [0.05, 0.1) is 6.61 Å². The maximum Gasteiger partial charge on any atom is 0.306 e. The van der Waals surface area contributed by atoms with Crippen LogP contribution >= 0.6 is 0 Å².